The molecule has 0 aliphatic heterocycles. The second-order valence-electron chi connectivity index (χ2n) is 6.38. The highest BCUT2D eigenvalue weighted by molar-refractivity contribution is 7.13. The van der Waals surface area contributed by atoms with E-state index in [1.807, 2.05) is 52.5 Å². The molecule has 2 heterocycles. The fourth-order valence-electron chi connectivity index (χ4n) is 2.87. The van der Waals surface area contributed by atoms with Crippen LogP contribution in [-0.2, 0) is 17.9 Å². The molecule has 0 spiro atoms. The number of imidazole rings is 1. The molecule has 29 heavy (non-hydrogen) atoms. The Morgan fingerprint density at radius 3 is 2.55 bits per heavy atom. The van der Waals surface area contributed by atoms with Gasteiger partial charge >= 0.3 is 0 Å². The topological polar surface area (TPSA) is 39.9 Å². The van der Waals surface area contributed by atoms with Crippen LogP contribution in [0.2, 0.25) is 15.1 Å². The zero-order valence-electron chi connectivity index (χ0n) is 15.1. The van der Waals surface area contributed by atoms with Crippen molar-refractivity contribution in [1.29, 1.82) is 0 Å². The number of ether oxygens (including phenoxy) is 1. The summed E-state index contributed by atoms with van der Waals surface area (Å²) in [5.74, 6) is 0. The molecular weight excluding hydrogens is 449 g/mol. The van der Waals surface area contributed by atoms with Gasteiger partial charge in [0.25, 0.3) is 0 Å². The predicted molar refractivity (Wildman–Crippen MR) is 119 cm³/mol. The molecule has 8 heteroatoms. The van der Waals surface area contributed by atoms with Crippen LogP contribution in [0.3, 0.4) is 0 Å². The largest absolute Gasteiger partial charge is 0.365 e. The van der Waals surface area contributed by atoms with Gasteiger partial charge in [0.15, 0.2) is 0 Å². The Balaban J connectivity index is 1.51. The molecule has 0 amide bonds. The summed E-state index contributed by atoms with van der Waals surface area (Å²) < 4.78 is 8.18. The van der Waals surface area contributed by atoms with Gasteiger partial charge in [0.2, 0.25) is 0 Å². The fourth-order valence-corrected chi connectivity index (χ4v) is 4.34. The second kappa shape index (κ2) is 9.28. The number of rotatable bonds is 7. The molecule has 0 saturated heterocycles. The lowest BCUT2D eigenvalue weighted by atomic mass is 10.1. The smallest absolute Gasteiger partial charge is 0.123 e. The van der Waals surface area contributed by atoms with E-state index < -0.39 is 0 Å². The second-order valence-corrected chi connectivity index (χ2v) is 8.51. The number of hydrogen-bond acceptors (Lipinski definition) is 4. The highest BCUT2D eigenvalue weighted by Crippen LogP contribution is 2.31. The normalized spacial score (nSPS) is 12.2. The van der Waals surface area contributed by atoms with Gasteiger partial charge in [-0.3, -0.25) is 0 Å². The van der Waals surface area contributed by atoms with Crippen molar-refractivity contribution in [1.82, 2.24) is 14.5 Å². The molecule has 4 aromatic rings. The van der Waals surface area contributed by atoms with E-state index >= 15 is 0 Å². The summed E-state index contributed by atoms with van der Waals surface area (Å²) in [7, 11) is 0. The van der Waals surface area contributed by atoms with Gasteiger partial charge in [-0.2, -0.15) is 0 Å². The molecule has 1 atom stereocenters. The number of thiazole rings is 1. The highest BCUT2D eigenvalue weighted by atomic mass is 35.5. The molecular formula is C21H16Cl3N3OS. The Labute approximate surface area is 187 Å². The molecule has 0 N–H and O–H groups in total. The van der Waals surface area contributed by atoms with Crippen LogP contribution >= 0.6 is 46.1 Å². The third-order valence-corrected chi connectivity index (χ3v) is 6.08. The maximum atomic E-state index is 6.43. The van der Waals surface area contributed by atoms with Crippen LogP contribution in [-0.4, -0.2) is 14.5 Å². The molecule has 0 bridgehead atoms. The molecule has 0 aliphatic carbocycles. The van der Waals surface area contributed by atoms with Crippen molar-refractivity contribution in [3.05, 3.63) is 92.9 Å². The third-order valence-electron chi connectivity index (χ3n) is 4.32. The van der Waals surface area contributed by atoms with Gasteiger partial charge < -0.3 is 9.30 Å². The van der Waals surface area contributed by atoms with Crippen LogP contribution < -0.4 is 0 Å². The molecule has 148 valence electrons. The molecule has 4 rings (SSSR count). The zero-order chi connectivity index (χ0) is 20.2. The SMILES string of the molecule is Clc1ccc(-c2nc(COC(Cn3ccnc3)c3ccc(Cl)cc3Cl)cs2)cc1. The zero-order valence-corrected chi connectivity index (χ0v) is 18.2. The Hall–Kier alpha value is -1.89. The Kier molecular flexibility index (Phi) is 6.53. The van der Waals surface area contributed by atoms with Gasteiger partial charge in [0.1, 0.15) is 11.1 Å². The summed E-state index contributed by atoms with van der Waals surface area (Å²) in [5.41, 5.74) is 2.76. The van der Waals surface area contributed by atoms with Crippen molar-refractivity contribution in [3.63, 3.8) is 0 Å². The molecule has 0 fully saturated rings. The summed E-state index contributed by atoms with van der Waals surface area (Å²) in [6, 6.07) is 13.1. The standard InChI is InChI=1S/C21H16Cl3N3OS/c22-15-3-1-14(2-4-15)21-26-17(12-29-21)11-28-20(10-27-8-7-25-13-27)18-6-5-16(23)9-19(18)24/h1-9,12-13,20H,10-11H2. The van der Waals surface area contributed by atoms with Gasteiger partial charge in [-0.25, -0.2) is 9.97 Å². The molecule has 0 aliphatic rings. The van der Waals surface area contributed by atoms with Gasteiger partial charge in [0.05, 0.1) is 25.2 Å². The predicted octanol–water partition coefficient (Wildman–Crippen LogP) is 6.92. The fraction of sp³-hybridized carbons (Fsp3) is 0.143. The molecule has 2 aromatic carbocycles. The molecule has 1 unspecified atom stereocenters. The molecule has 2 aromatic heterocycles. The molecule has 0 radical (unpaired) electrons. The summed E-state index contributed by atoms with van der Waals surface area (Å²) >= 11 is 20.0. The Morgan fingerprint density at radius 2 is 1.83 bits per heavy atom. The molecule has 0 saturated carbocycles. The number of halogens is 3. The lowest BCUT2D eigenvalue weighted by molar-refractivity contribution is 0.0265. The van der Waals surface area contributed by atoms with Crippen molar-refractivity contribution < 1.29 is 4.74 Å². The van der Waals surface area contributed by atoms with E-state index in [2.05, 4.69) is 9.97 Å². The van der Waals surface area contributed by atoms with Crippen LogP contribution in [0.15, 0.2) is 66.6 Å². The minimum absolute atomic E-state index is 0.269. The van der Waals surface area contributed by atoms with Crippen LogP contribution in [0.4, 0.5) is 0 Å². The minimum atomic E-state index is -0.269. The Morgan fingerprint density at radius 1 is 1.03 bits per heavy atom. The number of benzene rings is 2. The van der Waals surface area contributed by atoms with E-state index in [0.717, 1.165) is 21.8 Å². The maximum Gasteiger partial charge on any atom is 0.123 e. The lowest BCUT2D eigenvalue weighted by Crippen LogP contribution is -2.12. The average molecular weight is 465 g/mol. The highest BCUT2D eigenvalue weighted by Gasteiger charge is 2.18. The van der Waals surface area contributed by atoms with Crippen LogP contribution in [0, 0.1) is 0 Å². The number of hydrogen-bond donors (Lipinski definition) is 0. The lowest BCUT2D eigenvalue weighted by Gasteiger charge is -2.20. The van der Waals surface area contributed by atoms with Crippen LogP contribution in [0.1, 0.15) is 17.4 Å². The van der Waals surface area contributed by atoms with Gasteiger partial charge in [0, 0.05) is 44.0 Å². The average Bonchev–Trinajstić information content (AvgIpc) is 3.38. The summed E-state index contributed by atoms with van der Waals surface area (Å²) in [6.45, 7) is 0.942. The number of nitrogens with zero attached hydrogens (tertiary/aromatic N) is 3. The van der Waals surface area contributed by atoms with E-state index in [-0.39, 0.29) is 6.10 Å². The van der Waals surface area contributed by atoms with Gasteiger partial charge in [-0.05, 0) is 24.3 Å². The first-order chi connectivity index (χ1) is 14.1. The van der Waals surface area contributed by atoms with E-state index in [4.69, 9.17) is 39.5 Å². The van der Waals surface area contributed by atoms with Crippen molar-refractivity contribution >= 4 is 46.1 Å². The monoisotopic (exact) mass is 463 g/mol. The van der Waals surface area contributed by atoms with Crippen molar-refractivity contribution in [2.75, 3.05) is 0 Å². The van der Waals surface area contributed by atoms with Crippen molar-refractivity contribution in [3.8, 4) is 10.6 Å². The van der Waals surface area contributed by atoms with Crippen molar-refractivity contribution in [2.45, 2.75) is 19.3 Å². The van der Waals surface area contributed by atoms with E-state index in [0.29, 0.717) is 28.2 Å². The quantitative estimate of drug-likeness (QED) is 0.298. The first kappa shape index (κ1) is 20.4. The summed E-state index contributed by atoms with van der Waals surface area (Å²) in [6.07, 6.45) is 5.11. The first-order valence-corrected chi connectivity index (χ1v) is 10.8. The van der Waals surface area contributed by atoms with Crippen molar-refractivity contribution in [2.24, 2.45) is 0 Å². The van der Waals surface area contributed by atoms with Gasteiger partial charge in [-0.15, -0.1) is 11.3 Å². The third kappa shape index (κ3) is 5.18. The summed E-state index contributed by atoms with van der Waals surface area (Å²) in [5, 5.41) is 4.80. The van der Waals surface area contributed by atoms with Crippen LogP contribution in [0.25, 0.3) is 10.6 Å². The van der Waals surface area contributed by atoms with Gasteiger partial charge in [-0.1, -0.05) is 53.0 Å². The molecule has 4 nitrogen and oxygen atoms in total. The van der Waals surface area contributed by atoms with E-state index in [1.165, 1.54) is 0 Å². The number of aromatic nitrogens is 3. The minimum Gasteiger partial charge on any atom is -0.365 e. The van der Waals surface area contributed by atoms with E-state index in [1.54, 1.807) is 29.9 Å². The summed E-state index contributed by atoms with van der Waals surface area (Å²) in [4.78, 5) is 8.79. The maximum absolute atomic E-state index is 6.43. The van der Waals surface area contributed by atoms with Crippen LogP contribution in [0.5, 0.6) is 0 Å². The Bertz CT molecular complexity index is 1080. The van der Waals surface area contributed by atoms with E-state index in [9.17, 15) is 0 Å². The first-order valence-electron chi connectivity index (χ1n) is 8.81.